The summed E-state index contributed by atoms with van der Waals surface area (Å²) >= 11 is 0. The third kappa shape index (κ3) is 8.09. The van der Waals surface area contributed by atoms with E-state index in [1.807, 2.05) is 38.1 Å². The van der Waals surface area contributed by atoms with Crippen molar-refractivity contribution in [1.82, 2.24) is 5.43 Å². The molecule has 10 nitrogen and oxygen atoms in total. The summed E-state index contributed by atoms with van der Waals surface area (Å²) in [5, 5.41) is 9.16. The second-order valence-corrected chi connectivity index (χ2v) is 7.87. The number of ether oxygens (including phenoxy) is 3. The molecular weight excluding hydrogens is 488 g/mol. The van der Waals surface area contributed by atoms with E-state index in [9.17, 15) is 14.4 Å². The van der Waals surface area contributed by atoms with Gasteiger partial charge in [-0.25, -0.2) is 5.43 Å². The number of para-hydroxylation sites is 1. The topological polar surface area (TPSA) is 127 Å². The number of amides is 3. The number of carbonyl (C=O) groups excluding carboxylic acids is 3. The first kappa shape index (κ1) is 27.7. The minimum atomic E-state index is -0.933. The van der Waals surface area contributed by atoms with Crippen molar-refractivity contribution in [3.05, 3.63) is 77.9 Å². The SMILES string of the molecule is CCOc1cc(/C=N\NC(=O)C(=O)Nc2ccc(OC)cc2)ccc1OCC(=O)Nc1ccccc1CC. The van der Waals surface area contributed by atoms with Gasteiger partial charge < -0.3 is 24.8 Å². The van der Waals surface area contributed by atoms with Crippen molar-refractivity contribution in [1.29, 1.82) is 0 Å². The Balaban J connectivity index is 1.55. The van der Waals surface area contributed by atoms with E-state index in [-0.39, 0.29) is 12.5 Å². The van der Waals surface area contributed by atoms with Gasteiger partial charge in [-0.2, -0.15) is 5.10 Å². The fourth-order valence-electron chi connectivity index (χ4n) is 3.35. The van der Waals surface area contributed by atoms with Crippen LogP contribution in [0.1, 0.15) is 25.0 Å². The minimum absolute atomic E-state index is 0.203. The van der Waals surface area contributed by atoms with Crippen molar-refractivity contribution in [2.75, 3.05) is 31.0 Å². The number of aryl methyl sites for hydroxylation is 1. The quantitative estimate of drug-likeness (QED) is 0.202. The number of carbonyl (C=O) groups is 3. The minimum Gasteiger partial charge on any atom is -0.497 e. The molecule has 3 N–H and O–H groups in total. The van der Waals surface area contributed by atoms with Gasteiger partial charge in [0, 0.05) is 11.4 Å². The first-order valence-corrected chi connectivity index (χ1v) is 12.0. The maximum Gasteiger partial charge on any atom is 0.329 e. The first-order chi connectivity index (χ1) is 18.4. The fraction of sp³-hybridized carbons (Fsp3) is 0.214. The van der Waals surface area contributed by atoms with Gasteiger partial charge >= 0.3 is 11.8 Å². The van der Waals surface area contributed by atoms with Gasteiger partial charge in [0.05, 0.1) is 19.9 Å². The van der Waals surface area contributed by atoms with Gasteiger partial charge in [-0.05, 0) is 73.0 Å². The molecule has 0 aliphatic heterocycles. The van der Waals surface area contributed by atoms with Crippen molar-refractivity contribution in [2.24, 2.45) is 5.10 Å². The van der Waals surface area contributed by atoms with Gasteiger partial charge in [-0.1, -0.05) is 25.1 Å². The van der Waals surface area contributed by atoms with E-state index in [2.05, 4.69) is 21.2 Å². The molecule has 38 heavy (non-hydrogen) atoms. The third-order valence-corrected chi connectivity index (χ3v) is 5.23. The summed E-state index contributed by atoms with van der Waals surface area (Å²) in [7, 11) is 1.53. The molecule has 0 unspecified atom stereocenters. The van der Waals surface area contributed by atoms with E-state index < -0.39 is 11.8 Å². The van der Waals surface area contributed by atoms with Gasteiger partial charge in [0.2, 0.25) is 0 Å². The molecule has 0 bridgehead atoms. The summed E-state index contributed by atoms with van der Waals surface area (Å²) in [6.45, 7) is 4.00. The normalized spacial score (nSPS) is 10.5. The van der Waals surface area contributed by atoms with Crippen LogP contribution in [0.25, 0.3) is 0 Å². The van der Waals surface area contributed by atoms with Gasteiger partial charge in [0.15, 0.2) is 18.1 Å². The zero-order valence-corrected chi connectivity index (χ0v) is 21.4. The zero-order chi connectivity index (χ0) is 27.3. The lowest BCUT2D eigenvalue weighted by Crippen LogP contribution is -2.32. The molecule has 0 aliphatic carbocycles. The summed E-state index contributed by atoms with van der Waals surface area (Å²) < 4.78 is 16.4. The second kappa shape index (κ2) is 14.0. The number of nitrogens with one attached hydrogen (secondary N) is 3. The van der Waals surface area contributed by atoms with E-state index in [1.165, 1.54) is 13.3 Å². The zero-order valence-electron chi connectivity index (χ0n) is 21.4. The molecule has 0 spiro atoms. The predicted molar refractivity (Wildman–Crippen MR) is 145 cm³/mol. The number of anilines is 2. The highest BCUT2D eigenvalue weighted by Crippen LogP contribution is 2.28. The Labute approximate surface area is 221 Å². The van der Waals surface area contributed by atoms with Crippen LogP contribution in [0.15, 0.2) is 71.8 Å². The highest BCUT2D eigenvalue weighted by Gasteiger charge is 2.13. The second-order valence-electron chi connectivity index (χ2n) is 7.87. The molecule has 0 radical (unpaired) electrons. The summed E-state index contributed by atoms with van der Waals surface area (Å²) in [6, 6.07) is 19.1. The number of benzene rings is 3. The Morgan fingerprint density at radius 2 is 1.63 bits per heavy atom. The van der Waals surface area contributed by atoms with Crippen LogP contribution in [0, 0.1) is 0 Å². The summed E-state index contributed by atoms with van der Waals surface area (Å²) in [6.07, 6.45) is 2.15. The van der Waals surface area contributed by atoms with Crippen LogP contribution in [-0.2, 0) is 20.8 Å². The molecule has 0 aliphatic rings. The fourth-order valence-corrected chi connectivity index (χ4v) is 3.35. The Morgan fingerprint density at radius 3 is 2.34 bits per heavy atom. The average Bonchev–Trinajstić information content (AvgIpc) is 2.93. The smallest absolute Gasteiger partial charge is 0.329 e. The molecule has 0 fully saturated rings. The number of methoxy groups -OCH3 is 1. The van der Waals surface area contributed by atoms with E-state index in [0.29, 0.717) is 35.1 Å². The molecule has 3 rings (SSSR count). The Bertz CT molecular complexity index is 1290. The number of hydrogen-bond donors (Lipinski definition) is 3. The summed E-state index contributed by atoms with van der Waals surface area (Å²) in [5.74, 6) is -0.688. The highest BCUT2D eigenvalue weighted by atomic mass is 16.5. The monoisotopic (exact) mass is 518 g/mol. The van der Waals surface area contributed by atoms with Crippen molar-refractivity contribution >= 4 is 35.3 Å². The molecule has 3 aromatic rings. The molecule has 10 heteroatoms. The van der Waals surface area contributed by atoms with E-state index in [4.69, 9.17) is 14.2 Å². The summed E-state index contributed by atoms with van der Waals surface area (Å²) in [4.78, 5) is 36.6. The molecule has 0 saturated carbocycles. The van der Waals surface area contributed by atoms with Crippen LogP contribution < -0.4 is 30.3 Å². The van der Waals surface area contributed by atoms with Crippen LogP contribution in [0.2, 0.25) is 0 Å². The van der Waals surface area contributed by atoms with Crippen molar-refractivity contribution in [2.45, 2.75) is 20.3 Å². The van der Waals surface area contributed by atoms with Crippen molar-refractivity contribution in [3.8, 4) is 17.2 Å². The predicted octanol–water partition coefficient (Wildman–Crippen LogP) is 3.76. The Hall–Kier alpha value is -4.86. The number of hydrogen-bond acceptors (Lipinski definition) is 7. The lowest BCUT2D eigenvalue weighted by molar-refractivity contribution is -0.136. The maximum absolute atomic E-state index is 12.4. The van der Waals surface area contributed by atoms with Crippen molar-refractivity contribution in [3.63, 3.8) is 0 Å². The lowest BCUT2D eigenvalue weighted by atomic mass is 10.1. The molecule has 0 heterocycles. The third-order valence-electron chi connectivity index (χ3n) is 5.23. The molecule has 0 saturated heterocycles. The lowest BCUT2D eigenvalue weighted by Gasteiger charge is -2.13. The molecule has 3 amide bonds. The van der Waals surface area contributed by atoms with Gasteiger partial charge in [0.25, 0.3) is 5.91 Å². The number of hydrazone groups is 1. The van der Waals surface area contributed by atoms with E-state index in [0.717, 1.165) is 17.7 Å². The van der Waals surface area contributed by atoms with Gasteiger partial charge in [-0.3, -0.25) is 14.4 Å². The van der Waals surface area contributed by atoms with Crippen LogP contribution in [0.4, 0.5) is 11.4 Å². The van der Waals surface area contributed by atoms with Crippen LogP contribution in [-0.4, -0.2) is 44.3 Å². The molecule has 0 atom stereocenters. The number of rotatable bonds is 11. The summed E-state index contributed by atoms with van der Waals surface area (Å²) in [5.41, 5.74) is 4.98. The molecule has 198 valence electrons. The standard InChI is InChI=1S/C28H30N4O6/c1-4-20-8-6-7-9-23(20)31-26(33)18-38-24-15-10-19(16-25(24)37-5-2)17-29-32-28(35)27(34)30-21-11-13-22(36-3)14-12-21/h6-17H,4-5,18H2,1-3H3,(H,30,34)(H,31,33)(H,32,35)/b29-17-. The van der Waals surface area contributed by atoms with Crippen LogP contribution in [0.3, 0.4) is 0 Å². The first-order valence-electron chi connectivity index (χ1n) is 12.0. The molecule has 3 aromatic carbocycles. The highest BCUT2D eigenvalue weighted by molar-refractivity contribution is 6.39. The van der Waals surface area contributed by atoms with Gasteiger partial charge in [-0.15, -0.1) is 0 Å². The van der Waals surface area contributed by atoms with Gasteiger partial charge in [0.1, 0.15) is 5.75 Å². The molecular formula is C28H30N4O6. The molecule has 0 aromatic heterocycles. The Kier molecular flexibility index (Phi) is 10.2. The van der Waals surface area contributed by atoms with E-state index >= 15 is 0 Å². The number of nitrogens with zero attached hydrogens (tertiary/aromatic N) is 1. The maximum atomic E-state index is 12.4. The largest absolute Gasteiger partial charge is 0.497 e. The Morgan fingerprint density at radius 1 is 0.868 bits per heavy atom. The average molecular weight is 519 g/mol. The van der Waals surface area contributed by atoms with Crippen molar-refractivity contribution < 1.29 is 28.6 Å². The van der Waals surface area contributed by atoms with E-state index in [1.54, 1.807) is 42.5 Å². The van der Waals surface area contributed by atoms with Crippen LogP contribution in [0.5, 0.6) is 17.2 Å². The van der Waals surface area contributed by atoms with Crippen LogP contribution >= 0.6 is 0 Å².